The zero-order valence-electron chi connectivity index (χ0n) is 28.3. The van der Waals surface area contributed by atoms with E-state index in [1.807, 2.05) is 69.3 Å². The summed E-state index contributed by atoms with van der Waals surface area (Å²) in [5.74, 6) is 1.95. The number of methoxy groups -OCH3 is 2. The summed E-state index contributed by atoms with van der Waals surface area (Å²) in [6.07, 6.45) is 1.54. The fourth-order valence-electron chi connectivity index (χ4n) is 5.35. The Kier molecular flexibility index (Phi) is 10.4. The van der Waals surface area contributed by atoms with Crippen molar-refractivity contribution in [1.82, 2.24) is 9.66 Å². The number of aryl methyl sites for hydroxylation is 2. The van der Waals surface area contributed by atoms with Crippen LogP contribution in [0.5, 0.6) is 23.0 Å². The Hall–Kier alpha value is -5.64. The number of amides is 1. The minimum Gasteiger partial charge on any atom is -0.494 e. The lowest BCUT2D eigenvalue weighted by atomic mass is 9.96. The van der Waals surface area contributed by atoms with Crippen LogP contribution in [0.3, 0.4) is 0 Å². The Morgan fingerprint density at radius 2 is 1.60 bits per heavy atom. The van der Waals surface area contributed by atoms with Gasteiger partial charge in [0.15, 0.2) is 23.9 Å². The van der Waals surface area contributed by atoms with Crippen LogP contribution in [0.4, 0.5) is 5.69 Å². The topological polar surface area (TPSA) is 113 Å². The Balaban J connectivity index is 1.53. The molecule has 1 N–H and O–H groups in total. The van der Waals surface area contributed by atoms with Crippen LogP contribution in [0.25, 0.3) is 22.3 Å². The zero-order valence-corrected chi connectivity index (χ0v) is 28.3. The standard InChI is InChI=1S/C38H40N4O6/c1-8-47-32-17-25(5)29(20-28(32)23(2)3)37-41-31-16-12-10-14-27(31)38(44)42(37)39-21-26-18-33(45-6)36(34(19-26)46-7)48-22-35(43)40-30-15-11-9-13-24(30)4/h9-21,23H,8,22H2,1-7H3,(H,40,43). The third kappa shape index (κ3) is 7.17. The van der Waals surface area contributed by atoms with Gasteiger partial charge in [-0.05, 0) is 85.8 Å². The van der Waals surface area contributed by atoms with Crippen LogP contribution in [0, 0.1) is 13.8 Å². The number of anilines is 1. The summed E-state index contributed by atoms with van der Waals surface area (Å²) in [4.78, 5) is 31.5. The molecule has 0 radical (unpaired) electrons. The van der Waals surface area contributed by atoms with E-state index in [9.17, 15) is 9.59 Å². The Bertz CT molecular complexity index is 2030. The van der Waals surface area contributed by atoms with Crippen molar-refractivity contribution in [2.45, 2.75) is 40.5 Å². The van der Waals surface area contributed by atoms with Crippen molar-refractivity contribution in [3.05, 3.63) is 105 Å². The van der Waals surface area contributed by atoms with E-state index >= 15 is 0 Å². The molecule has 0 atom stereocenters. The Morgan fingerprint density at radius 3 is 2.27 bits per heavy atom. The lowest BCUT2D eigenvalue weighted by Crippen LogP contribution is -2.21. The van der Waals surface area contributed by atoms with Crippen LogP contribution in [-0.2, 0) is 4.79 Å². The highest BCUT2D eigenvalue weighted by atomic mass is 16.5. The van der Waals surface area contributed by atoms with Gasteiger partial charge >= 0.3 is 0 Å². The second-order valence-electron chi connectivity index (χ2n) is 11.5. The molecule has 0 aliphatic carbocycles. The summed E-state index contributed by atoms with van der Waals surface area (Å²) in [6.45, 7) is 10.3. The SMILES string of the molecule is CCOc1cc(C)c(-c2nc3ccccc3c(=O)n2N=Cc2cc(OC)c(OCC(=O)Nc3ccccc3C)c(OC)c2)cc1C(C)C. The molecule has 0 unspecified atom stereocenters. The zero-order chi connectivity index (χ0) is 34.4. The number of hydrogen-bond donors (Lipinski definition) is 1. The molecule has 0 aliphatic rings. The molecule has 0 spiro atoms. The number of carbonyl (C=O) groups is 1. The second kappa shape index (κ2) is 14.8. The quantitative estimate of drug-likeness (QED) is 0.143. The third-order valence-electron chi connectivity index (χ3n) is 7.85. The molecule has 0 bridgehead atoms. The number of carbonyl (C=O) groups excluding carboxylic acids is 1. The molecule has 0 fully saturated rings. The number of fused-ring (bicyclic) bond motifs is 1. The summed E-state index contributed by atoms with van der Waals surface area (Å²) in [7, 11) is 2.99. The van der Waals surface area contributed by atoms with Gasteiger partial charge in [0.25, 0.3) is 11.5 Å². The average molecular weight is 649 g/mol. The molecule has 0 saturated heterocycles. The van der Waals surface area contributed by atoms with Gasteiger partial charge in [0.2, 0.25) is 5.75 Å². The number of ether oxygens (including phenoxy) is 4. The monoisotopic (exact) mass is 648 g/mol. The van der Waals surface area contributed by atoms with Crippen LogP contribution in [0.1, 0.15) is 48.9 Å². The maximum Gasteiger partial charge on any atom is 0.282 e. The van der Waals surface area contributed by atoms with E-state index in [0.29, 0.717) is 46.1 Å². The summed E-state index contributed by atoms with van der Waals surface area (Å²) in [6, 6.07) is 22.1. The largest absolute Gasteiger partial charge is 0.494 e. The van der Waals surface area contributed by atoms with E-state index in [-0.39, 0.29) is 29.7 Å². The number of benzene rings is 4. The van der Waals surface area contributed by atoms with Crippen LogP contribution < -0.4 is 29.8 Å². The minimum atomic E-state index is -0.333. The molecule has 10 heteroatoms. The average Bonchev–Trinajstić information content (AvgIpc) is 3.07. The van der Waals surface area contributed by atoms with E-state index in [4.69, 9.17) is 23.9 Å². The molecule has 5 rings (SSSR count). The molecule has 0 aliphatic heterocycles. The molecule has 48 heavy (non-hydrogen) atoms. The first-order chi connectivity index (χ1) is 23.1. The van der Waals surface area contributed by atoms with Gasteiger partial charge in [-0.1, -0.05) is 44.2 Å². The Labute approximate surface area is 280 Å². The highest BCUT2D eigenvalue weighted by Crippen LogP contribution is 2.38. The Morgan fingerprint density at radius 1 is 0.917 bits per heavy atom. The van der Waals surface area contributed by atoms with Gasteiger partial charge in [-0.3, -0.25) is 9.59 Å². The number of para-hydroxylation sites is 2. The predicted octanol–water partition coefficient (Wildman–Crippen LogP) is 7.12. The van der Waals surface area contributed by atoms with Crippen LogP contribution >= 0.6 is 0 Å². The number of nitrogens with one attached hydrogen (secondary N) is 1. The highest BCUT2D eigenvalue weighted by Gasteiger charge is 2.20. The first-order valence-electron chi connectivity index (χ1n) is 15.7. The summed E-state index contributed by atoms with van der Waals surface area (Å²) < 4.78 is 24.4. The fraction of sp³-hybridized carbons (Fsp3) is 0.263. The molecule has 1 aromatic heterocycles. The summed E-state index contributed by atoms with van der Waals surface area (Å²) >= 11 is 0. The first kappa shape index (κ1) is 33.7. The van der Waals surface area contributed by atoms with Crippen molar-refractivity contribution < 1.29 is 23.7 Å². The van der Waals surface area contributed by atoms with Gasteiger partial charge in [-0.2, -0.15) is 9.78 Å². The fourth-order valence-corrected chi connectivity index (χ4v) is 5.35. The third-order valence-corrected chi connectivity index (χ3v) is 7.85. The van der Waals surface area contributed by atoms with E-state index in [2.05, 4.69) is 24.3 Å². The molecule has 5 aromatic rings. The first-order valence-corrected chi connectivity index (χ1v) is 15.7. The van der Waals surface area contributed by atoms with Crippen molar-refractivity contribution in [3.8, 4) is 34.4 Å². The van der Waals surface area contributed by atoms with Crippen molar-refractivity contribution in [2.75, 3.05) is 32.8 Å². The lowest BCUT2D eigenvalue weighted by Gasteiger charge is -2.18. The number of hydrogen-bond acceptors (Lipinski definition) is 8. The second-order valence-corrected chi connectivity index (χ2v) is 11.5. The number of aromatic nitrogens is 2. The molecule has 4 aromatic carbocycles. The molecule has 0 saturated carbocycles. The molecular weight excluding hydrogens is 608 g/mol. The van der Waals surface area contributed by atoms with Crippen LogP contribution in [-0.4, -0.2) is 49.2 Å². The van der Waals surface area contributed by atoms with Gasteiger partial charge < -0.3 is 24.3 Å². The maximum absolute atomic E-state index is 13.9. The van der Waals surface area contributed by atoms with Crippen molar-refractivity contribution in [3.63, 3.8) is 0 Å². The van der Waals surface area contributed by atoms with Gasteiger partial charge in [-0.25, -0.2) is 4.98 Å². The smallest absolute Gasteiger partial charge is 0.282 e. The van der Waals surface area contributed by atoms with Crippen molar-refractivity contribution in [1.29, 1.82) is 0 Å². The van der Waals surface area contributed by atoms with E-state index in [0.717, 1.165) is 28.0 Å². The summed E-state index contributed by atoms with van der Waals surface area (Å²) in [5, 5.41) is 7.95. The van der Waals surface area contributed by atoms with Crippen LogP contribution in [0.2, 0.25) is 0 Å². The van der Waals surface area contributed by atoms with Gasteiger partial charge in [-0.15, -0.1) is 0 Å². The highest BCUT2D eigenvalue weighted by molar-refractivity contribution is 5.92. The molecular formula is C38H40N4O6. The van der Waals surface area contributed by atoms with Gasteiger partial charge in [0.1, 0.15) is 5.75 Å². The van der Waals surface area contributed by atoms with Crippen molar-refractivity contribution in [2.24, 2.45) is 5.10 Å². The summed E-state index contributed by atoms with van der Waals surface area (Å²) in [5.41, 5.74) is 5.13. The molecule has 248 valence electrons. The maximum atomic E-state index is 13.9. The molecule has 10 nitrogen and oxygen atoms in total. The normalized spacial score (nSPS) is 11.2. The van der Waals surface area contributed by atoms with Gasteiger partial charge in [0, 0.05) is 16.8 Å². The lowest BCUT2D eigenvalue weighted by molar-refractivity contribution is -0.118. The van der Waals surface area contributed by atoms with E-state index < -0.39 is 0 Å². The molecule has 1 amide bonds. The van der Waals surface area contributed by atoms with Gasteiger partial charge in [0.05, 0.1) is 37.9 Å². The molecule has 1 heterocycles. The predicted molar refractivity (Wildman–Crippen MR) is 189 cm³/mol. The van der Waals surface area contributed by atoms with Crippen LogP contribution in [0.15, 0.2) is 82.7 Å². The van der Waals surface area contributed by atoms with E-state index in [1.54, 1.807) is 24.3 Å². The minimum absolute atomic E-state index is 0.171. The van der Waals surface area contributed by atoms with Crippen molar-refractivity contribution >= 4 is 28.7 Å². The number of rotatable bonds is 12. The van der Waals surface area contributed by atoms with E-state index in [1.165, 1.54) is 25.1 Å². The number of nitrogens with zero attached hydrogens (tertiary/aromatic N) is 3.